The lowest BCUT2D eigenvalue weighted by atomic mass is 9.93. The van der Waals surface area contributed by atoms with Crippen molar-refractivity contribution in [3.8, 4) is 11.8 Å². The Balaban J connectivity index is 3.36. The quantitative estimate of drug-likeness (QED) is 0.519. The molecular formula is C13H9Cl2FO3. The van der Waals surface area contributed by atoms with Gasteiger partial charge in [0.15, 0.2) is 0 Å². The van der Waals surface area contributed by atoms with Crippen molar-refractivity contribution in [2.24, 2.45) is 0 Å². The Morgan fingerprint density at radius 3 is 2.37 bits per heavy atom. The average molecular weight is 303 g/mol. The summed E-state index contributed by atoms with van der Waals surface area (Å²) in [5.41, 5.74) is -2.42. The van der Waals surface area contributed by atoms with Gasteiger partial charge in [-0.25, -0.2) is 9.18 Å². The molecule has 1 unspecified atom stereocenters. The highest BCUT2D eigenvalue weighted by atomic mass is 35.5. The highest BCUT2D eigenvalue weighted by Crippen LogP contribution is 2.32. The molecule has 1 aromatic carbocycles. The molecule has 100 valence electrons. The van der Waals surface area contributed by atoms with E-state index in [-0.39, 0.29) is 15.6 Å². The van der Waals surface area contributed by atoms with Gasteiger partial charge in [0.2, 0.25) is 5.60 Å². The first kappa shape index (κ1) is 15.5. The summed E-state index contributed by atoms with van der Waals surface area (Å²) >= 11 is 11.5. The number of ether oxygens (including phenoxy) is 1. The third kappa shape index (κ3) is 3.71. The van der Waals surface area contributed by atoms with E-state index in [2.05, 4.69) is 17.2 Å². The zero-order valence-corrected chi connectivity index (χ0v) is 11.3. The van der Waals surface area contributed by atoms with E-state index in [9.17, 15) is 14.3 Å². The van der Waals surface area contributed by atoms with Crippen molar-refractivity contribution in [1.82, 2.24) is 0 Å². The van der Waals surface area contributed by atoms with Crippen LogP contribution in [0.25, 0.3) is 0 Å². The van der Waals surface area contributed by atoms with Crippen LogP contribution in [0, 0.1) is 11.8 Å². The summed E-state index contributed by atoms with van der Waals surface area (Å²) < 4.78 is 17.7. The van der Waals surface area contributed by atoms with Crippen molar-refractivity contribution in [2.45, 2.75) is 5.60 Å². The number of hydrogen-bond donors (Lipinski definition) is 1. The van der Waals surface area contributed by atoms with Crippen LogP contribution in [0.1, 0.15) is 5.56 Å². The molecule has 0 heterocycles. The molecular weight excluding hydrogens is 294 g/mol. The zero-order chi connectivity index (χ0) is 14.6. The molecule has 0 aliphatic carbocycles. The summed E-state index contributed by atoms with van der Waals surface area (Å²) in [5, 5.41) is 10.5. The van der Waals surface area contributed by atoms with E-state index in [0.29, 0.717) is 0 Å². The summed E-state index contributed by atoms with van der Waals surface area (Å²) in [5.74, 6) is 1.91. The second-order valence-corrected chi connectivity index (χ2v) is 4.39. The monoisotopic (exact) mass is 302 g/mol. The van der Waals surface area contributed by atoms with Gasteiger partial charge < -0.3 is 9.84 Å². The minimum absolute atomic E-state index is 0.0334. The van der Waals surface area contributed by atoms with Crippen molar-refractivity contribution in [3.05, 3.63) is 46.2 Å². The predicted octanol–water partition coefficient (Wildman–Crippen LogP) is 2.84. The van der Waals surface area contributed by atoms with Crippen LogP contribution in [-0.2, 0) is 15.1 Å². The van der Waals surface area contributed by atoms with E-state index in [1.165, 1.54) is 18.2 Å². The van der Waals surface area contributed by atoms with Crippen LogP contribution in [0.3, 0.4) is 0 Å². The van der Waals surface area contributed by atoms with E-state index in [1.807, 2.05) is 5.92 Å². The third-order valence-corrected chi connectivity index (χ3v) is 2.64. The van der Waals surface area contributed by atoms with Gasteiger partial charge in [-0.05, 0) is 24.1 Å². The molecule has 1 atom stereocenters. The SMILES string of the molecule is C=C(F)C(O)(C#CC(=O)OC)c1cc(Cl)cc(Cl)c1. The Hall–Kier alpha value is -1.54. The number of esters is 1. The molecule has 1 rings (SSSR count). The van der Waals surface area contributed by atoms with Gasteiger partial charge in [0.05, 0.1) is 7.11 Å². The maximum atomic E-state index is 13.5. The molecule has 0 radical (unpaired) electrons. The number of hydrogen-bond acceptors (Lipinski definition) is 3. The molecule has 0 fully saturated rings. The number of methoxy groups -OCH3 is 1. The number of rotatable bonds is 2. The van der Waals surface area contributed by atoms with Crippen molar-refractivity contribution in [1.29, 1.82) is 0 Å². The maximum absolute atomic E-state index is 13.5. The highest BCUT2D eigenvalue weighted by Gasteiger charge is 2.32. The molecule has 0 amide bonds. The van der Waals surface area contributed by atoms with Gasteiger partial charge in [0, 0.05) is 21.5 Å². The van der Waals surface area contributed by atoms with Crippen LogP contribution in [0.15, 0.2) is 30.6 Å². The first-order valence-corrected chi connectivity index (χ1v) is 5.70. The maximum Gasteiger partial charge on any atom is 0.384 e. The van der Waals surface area contributed by atoms with Crippen molar-refractivity contribution < 1.29 is 19.0 Å². The van der Waals surface area contributed by atoms with Gasteiger partial charge in [-0.3, -0.25) is 0 Å². The van der Waals surface area contributed by atoms with Crippen molar-refractivity contribution in [2.75, 3.05) is 7.11 Å². The molecule has 0 saturated carbocycles. The summed E-state index contributed by atoms with van der Waals surface area (Å²) in [6.45, 7) is 3.01. The molecule has 0 aliphatic heterocycles. The van der Waals surface area contributed by atoms with Gasteiger partial charge in [-0.2, -0.15) is 0 Å². The average Bonchev–Trinajstić information content (AvgIpc) is 2.33. The third-order valence-electron chi connectivity index (χ3n) is 2.20. The number of halogens is 3. The lowest BCUT2D eigenvalue weighted by Gasteiger charge is -2.20. The van der Waals surface area contributed by atoms with E-state index in [4.69, 9.17) is 23.2 Å². The normalized spacial score (nSPS) is 12.9. The first-order chi connectivity index (χ1) is 8.79. The lowest BCUT2D eigenvalue weighted by Crippen LogP contribution is -2.24. The second-order valence-electron chi connectivity index (χ2n) is 3.52. The number of aliphatic hydroxyl groups is 1. The molecule has 0 bridgehead atoms. The Bertz CT molecular complexity index is 569. The smallest absolute Gasteiger partial charge is 0.384 e. The highest BCUT2D eigenvalue weighted by molar-refractivity contribution is 6.34. The van der Waals surface area contributed by atoms with E-state index < -0.39 is 17.4 Å². The minimum Gasteiger partial charge on any atom is -0.459 e. The van der Waals surface area contributed by atoms with E-state index in [1.54, 1.807) is 0 Å². The van der Waals surface area contributed by atoms with Gasteiger partial charge in [0.25, 0.3) is 0 Å². The zero-order valence-electron chi connectivity index (χ0n) is 9.84. The first-order valence-electron chi connectivity index (χ1n) is 4.94. The molecule has 3 nitrogen and oxygen atoms in total. The predicted molar refractivity (Wildman–Crippen MR) is 70.4 cm³/mol. The largest absolute Gasteiger partial charge is 0.459 e. The Kier molecular flexibility index (Phi) is 4.96. The molecule has 1 aromatic rings. The Labute approximate surface area is 119 Å². The van der Waals surface area contributed by atoms with Gasteiger partial charge in [-0.1, -0.05) is 29.8 Å². The topological polar surface area (TPSA) is 46.5 Å². The van der Waals surface area contributed by atoms with Crippen LogP contribution in [0.2, 0.25) is 10.0 Å². The summed E-state index contributed by atoms with van der Waals surface area (Å²) in [4.78, 5) is 10.9. The van der Waals surface area contributed by atoms with E-state index in [0.717, 1.165) is 7.11 Å². The fraction of sp³-hybridized carbons (Fsp3) is 0.154. The van der Waals surface area contributed by atoms with Gasteiger partial charge in [-0.15, -0.1) is 0 Å². The van der Waals surface area contributed by atoms with Crippen molar-refractivity contribution in [3.63, 3.8) is 0 Å². The van der Waals surface area contributed by atoms with E-state index >= 15 is 0 Å². The summed E-state index contributed by atoms with van der Waals surface area (Å²) in [6, 6.07) is 3.94. The van der Waals surface area contributed by atoms with Gasteiger partial charge >= 0.3 is 5.97 Å². The fourth-order valence-corrected chi connectivity index (χ4v) is 1.78. The standard InChI is InChI=1S/C13H9Cl2FO3/c1-8(16)13(18,4-3-12(17)19-2)9-5-10(14)7-11(15)6-9/h5-7,18H,1H2,2H3. The molecule has 1 N–H and O–H groups in total. The second kappa shape index (κ2) is 6.07. The fourth-order valence-electron chi connectivity index (χ4n) is 1.25. The molecule has 0 aliphatic rings. The molecule has 19 heavy (non-hydrogen) atoms. The lowest BCUT2D eigenvalue weighted by molar-refractivity contribution is -0.133. The molecule has 0 saturated heterocycles. The Morgan fingerprint density at radius 1 is 1.42 bits per heavy atom. The minimum atomic E-state index is -2.39. The van der Waals surface area contributed by atoms with Crippen LogP contribution in [0.5, 0.6) is 0 Å². The van der Waals surface area contributed by atoms with Crippen LogP contribution >= 0.6 is 23.2 Å². The Morgan fingerprint density at radius 2 is 1.95 bits per heavy atom. The van der Waals surface area contributed by atoms with Crippen LogP contribution < -0.4 is 0 Å². The van der Waals surface area contributed by atoms with Crippen molar-refractivity contribution >= 4 is 29.2 Å². The number of carbonyl (C=O) groups is 1. The van der Waals surface area contributed by atoms with Crippen LogP contribution in [-0.4, -0.2) is 18.2 Å². The summed E-state index contributed by atoms with van der Waals surface area (Å²) in [6.07, 6.45) is 0. The summed E-state index contributed by atoms with van der Waals surface area (Å²) in [7, 11) is 1.11. The van der Waals surface area contributed by atoms with Gasteiger partial charge in [0.1, 0.15) is 5.83 Å². The van der Waals surface area contributed by atoms with Crippen LogP contribution in [0.4, 0.5) is 4.39 Å². The molecule has 6 heteroatoms. The molecule has 0 aromatic heterocycles. The molecule has 0 spiro atoms. The number of benzene rings is 1. The number of carbonyl (C=O) groups excluding carboxylic acids is 1.